The van der Waals surface area contributed by atoms with Crippen LogP contribution in [-0.4, -0.2) is 28.4 Å². The molecule has 7 nitrogen and oxygen atoms in total. The molecule has 114 valence electrons. The lowest BCUT2D eigenvalue weighted by Gasteiger charge is -2.32. The number of aliphatic hydroxyl groups is 1. The first-order valence-electron chi connectivity index (χ1n) is 6.62. The smallest absolute Gasteiger partial charge is 0.399 e. The van der Waals surface area contributed by atoms with Gasteiger partial charge in [-0.05, 0) is 27.7 Å². The molecule has 0 radical (unpaired) electrons. The van der Waals surface area contributed by atoms with Crippen molar-refractivity contribution in [1.82, 2.24) is 0 Å². The van der Waals surface area contributed by atoms with Crippen LogP contribution in [0.3, 0.4) is 0 Å². The molecule has 1 aromatic carbocycles. The lowest BCUT2D eigenvalue weighted by molar-refractivity contribution is -0.384. The van der Waals surface area contributed by atoms with E-state index in [1.54, 1.807) is 0 Å². The molecule has 0 saturated carbocycles. The third kappa shape index (κ3) is 2.62. The largest absolute Gasteiger partial charge is 0.497 e. The molecule has 1 saturated heterocycles. The highest BCUT2D eigenvalue weighted by Crippen LogP contribution is 2.37. The van der Waals surface area contributed by atoms with Crippen molar-refractivity contribution >= 4 is 24.0 Å². The van der Waals surface area contributed by atoms with Crippen molar-refractivity contribution in [3.05, 3.63) is 27.8 Å². The van der Waals surface area contributed by atoms with E-state index < -0.39 is 23.2 Å². The fourth-order valence-electron chi connectivity index (χ4n) is 2.12. The summed E-state index contributed by atoms with van der Waals surface area (Å²) >= 11 is 0. The molecular weight excluding hydrogens is 275 g/mol. The Morgan fingerprint density at radius 3 is 2.24 bits per heavy atom. The van der Waals surface area contributed by atoms with Gasteiger partial charge in [-0.3, -0.25) is 10.1 Å². The van der Waals surface area contributed by atoms with Crippen LogP contribution in [0.25, 0.3) is 0 Å². The number of rotatable bonds is 3. The number of hydrogen-bond acceptors (Lipinski definition) is 6. The molecule has 3 N–H and O–H groups in total. The maximum atomic E-state index is 11.0. The zero-order valence-corrected chi connectivity index (χ0v) is 12.5. The van der Waals surface area contributed by atoms with Gasteiger partial charge in [-0.25, -0.2) is 0 Å². The Hall–Kier alpha value is -1.64. The van der Waals surface area contributed by atoms with E-state index in [9.17, 15) is 15.2 Å². The summed E-state index contributed by atoms with van der Waals surface area (Å²) in [6, 6.07) is 2.58. The summed E-state index contributed by atoms with van der Waals surface area (Å²) in [7, 11) is -0.805. The van der Waals surface area contributed by atoms with E-state index in [-0.39, 0.29) is 23.5 Å². The zero-order chi connectivity index (χ0) is 16.0. The quantitative estimate of drug-likeness (QED) is 0.372. The maximum Gasteiger partial charge on any atom is 0.497 e. The molecule has 0 atom stereocenters. The second kappa shape index (κ2) is 4.97. The first-order valence-corrected chi connectivity index (χ1v) is 6.62. The second-order valence-electron chi connectivity index (χ2n) is 6.11. The van der Waals surface area contributed by atoms with Crippen molar-refractivity contribution in [2.24, 2.45) is 0 Å². The van der Waals surface area contributed by atoms with Gasteiger partial charge in [0.2, 0.25) is 0 Å². The van der Waals surface area contributed by atoms with Crippen LogP contribution in [-0.2, 0) is 15.9 Å². The van der Waals surface area contributed by atoms with Crippen LogP contribution < -0.4 is 11.2 Å². The predicted molar refractivity (Wildman–Crippen MR) is 79.1 cm³/mol. The van der Waals surface area contributed by atoms with Crippen molar-refractivity contribution in [3.63, 3.8) is 0 Å². The highest BCUT2D eigenvalue weighted by molar-refractivity contribution is 6.64. The first-order chi connectivity index (χ1) is 9.59. The normalized spacial score (nSPS) is 19.8. The van der Waals surface area contributed by atoms with Crippen molar-refractivity contribution in [2.75, 3.05) is 5.73 Å². The molecule has 8 heteroatoms. The summed E-state index contributed by atoms with van der Waals surface area (Å²) in [5.74, 6) is 0. The summed E-state index contributed by atoms with van der Waals surface area (Å²) in [5, 5.41) is 20.3. The van der Waals surface area contributed by atoms with Gasteiger partial charge in [0.25, 0.3) is 5.69 Å². The second-order valence-corrected chi connectivity index (χ2v) is 6.11. The van der Waals surface area contributed by atoms with Crippen LogP contribution in [0.4, 0.5) is 11.4 Å². The number of nitrogens with two attached hydrogens (primary N) is 1. The highest BCUT2D eigenvalue weighted by Gasteiger charge is 2.52. The topological polar surface area (TPSA) is 108 Å². The van der Waals surface area contributed by atoms with Crippen LogP contribution in [0.5, 0.6) is 0 Å². The van der Waals surface area contributed by atoms with E-state index in [1.807, 2.05) is 27.7 Å². The molecule has 21 heavy (non-hydrogen) atoms. The Kier molecular flexibility index (Phi) is 3.73. The summed E-state index contributed by atoms with van der Waals surface area (Å²) in [6.45, 7) is 7.14. The Bertz CT molecular complexity index is 572. The van der Waals surface area contributed by atoms with Crippen molar-refractivity contribution in [2.45, 2.75) is 45.5 Å². The van der Waals surface area contributed by atoms with Crippen LogP contribution in [0.15, 0.2) is 12.1 Å². The molecule has 0 aliphatic carbocycles. The van der Waals surface area contributed by atoms with Gasteiger partial charge >= 0.3 is 7.12 Å². The molecule has 1 fully saturated rings. The molecule has 2 rings (SSSR count). The Morgan fingerprint density at radius 1 is 1.29 bits per heavy atom. The van der Waals surface area contributed by atoms with E-state index in [2.05, 4.69) is 0 Å². The Labute approximate surface area is 123 Å². The van der Waals surface area contributed by atoms with E-state index in [1.165, 1.54) is 12.1 Å². The number of nitrogens with zero attached hydrogens (tertiary/aromatic N) is 1. The van der Waals surface area contributed by atoms with E-state index in [0.29, 0.717) is 5.46 Å². The van der Waals surface area contributed by atoms with E-state index >= 15 is 0 Å². The molecule has 1 heterocycles. The van der Waals surface area contributed by atoms with Gasteiger partial charge in [0, 0.05) is 28.8 Å². The van der Waals surface area contributed by atoms with E-state index in [4.69, 9.17) is 15.0 Å². The van der Waals surface area contributed by atoms with Crippen LogP contribution >= 0.6 is 0 Å². The zero-order valence-electron chi connectivity index (χ0n) is 12.5. The standard InChI is InChI=1S/C13H19BN2O5/c1-12(2)13(3,4)21-14(20-12)10-6-9(16(18)19)5-8(7-17)11(10)15/h5-6,17H,7,15H2,1-4H3. The Balaban J connectivity index is 2.50. The molecule has 1 aliphatic heterocycles. The minimum atomic E-state index is -0.805. The van der Waals surface area contributed by atoms with Gasteiger partial charge in [0.15, 0.2) is 0 Å². The highest BCUT2D eigenvalue weighted by atomic mass is 16.7. The molecule has 1 aromatic rings. The third-order valence-electron chi connectivity index (χ3n) is 4.17. The molecular formula is C13H19BN2O5. The van der Waals surface area contributed by atoms with E-state index in [0.717, 1.165) is 0 Å². The average Bonchev–Trinajstić information content (AvgIpc) is 2.58. The van der Waals surface area contributed by atoms with Gasteiger partial charge in [-0.1, -0.05) is 0 Å². The summed E-state index contributed by atoms with van der Waals surface area (Å²) in [4.78, 5) is 10.5. The van der Waals surface area contributed by atoms with Gasteiger partial charge in [-0.15, -0.1) is 0 Å². The van der Waals surface area contributed by atoms with Crippen molar-refractivity contribution in [3.8, 4) is 0 Å². The number of nitro groups is 1. The van der Waals surface area contributed by atoms with Crippen LogP contribution in [0.2, 0.25) is 0 Å². The number of nitrogen functional groups attached to an aromatic ring is 1. The molecule has 1 aliphatic rings. The lowest BCUT2D eigenvalue weighted by atomic mass is 9.76. The first kappa shape index (κ1) is 15.7. The minimum absolute atomic E-state index is 0.155. The summed E-state index contributed by atoms with van der Waals surface area (Å²) in [6.07, 6.45) is 0. The van der Waals surface area contributed by atoms with Crippen molar-refractivity contribution < 1.29 is 19.3 Å². The molecule has 0 bridgehead atoms. The van der Waals surface area contributed by atoms with Gasteiger partial charge < -0.3 is 20.1 Å². The number of non-ortho nitro benzene ring substituents is 1. The number of anilines is 1. The summed E-state index contributed by atoms with van der Waals surface area (Å²) in [5.41, 5.74) is 5.58. The fourth-order valence-corrected chi connectivity index (χ4v) is 2.12. The Morgan fingerprint density at radius 2 is 1.81 bits per heavy atom. The lowest BCUT2D eigenvalue weighted by Crippen LogP contribution is -2.41. The average molecular weight is 294 g/mol. The van der Waals surface area contributed by atoms with Crippen LogP contribution in [0, 0.1) is 10.1 Å². The van der Waals surface area contributed by atoms with Crippen LogP contribution in [0.1, 0.15) is 33.3 Å². The minimum Gasteiger partial charge on any atom is -0.399 e. The molecule has 0 spiro atoms. The third-order valence-corrected chi connectivity index (χ3v) is 4.17. The SMILES string of the molecule is CC1(C)OB(c2cc([N+](=O)[O-])cc(CO)c2N)OC1(C)C. The molecule has 0 amide bonds. The molecule has 0 unspecified atom stereocenters. The number of hydrogen-bond donors (Lipinski definition) is 2. The van der Waals surface area contributed by atoms with Gasteiger partial charge in [0.1, 0.15) is 0 Å². The van der Waals surface area contributed by atoms with Gasteiger partial charge in [-0.2, -0.15) is 0 Å². The maximum absolute atomic E-state index is 11.0. The van der Waals surface area contributed by atoms with Gasteiger partial charge in [0.05, 0.1) is 22.7 Å². The number of aliphatic hydroxyl groups excluding tert-OH is 1. The number of benzene rings is 1. The predicted octanol–water partition coefficient (Wildman–Crippen LogP) is 0.968. The summed E-state index contributed by atoms with van der Waals surface area (Å²) < 4.78 is 11.7. The molecule has 0 aromatic heterocycles. The van der Waals surface area contributed by atoms with Crippen molar-refractivity contribution in [1.29, 1.82) is 0 Å². The monoisotopic (exact) mass is 294 g/mol. The number of nitro benzene ring substituents is 1. The fraction of sp³-hybridized carbons (Fsp3) is 0.538.